The Morgan fingerprint density at radius 1 is 0.784 bits per heavy atom. The Bertz CT molecular complexity index is 1060. The SMILES string of the molecule is CCCC(=O)OCC.CCOC(=O)CN(C)c1nc(Cl)nc2c1CCC2.Clc1nc(Cl)c2c(n1)CCC2. The Morgan fingerprint density at radius 2 is 1.32 bits per heavy atom. The van der Waals surface area contributed by atoms with Gasteiger partial charge in [0.15, 0.2) is 0 Å². The second kappa shape index (κ2) is 15.9. The van der Waals surface area contributed by atoms with Crippen molar-refractivity contribution in [3.8, 4) is 0 Å². The summed E-state index contributed by atoms with van der Waals surface area (Å²) in [4.78, 5) is 40.1. The number of likely N-dealkylation sites (N-methyl/N-ethyl adjacent to an activating group) is 1. The molecule has 2 aromatic heterocycles. The molecule has 0 amide bonds. The summed E-state index contributed by atoms with van der Waals surface area (Å²) in [5.41, 5.74) is 4.21. The van der Waals surface area contributed by atoms with Gasteiger partial charge in [-0.1, -0.05) is 18.5 Å². The highest BCUT2D eigenvalue weighted by Gasteiger charge is 2.22. The molecule has 0 saturated heterocycles. The lowest BCUT2D eigenvalue weighted by atomic mass is 10.2. The van der Waals surface area contributed by atoms with Gasteiger partial charge in [-0.15, -0.1) is 0 Å². The number of carbonyl (C=O) groups is 2. The Kier molecular flexibility index (Phi) is 13.3. The van der Waals surface area contributed by atoms with Crippen LogP contribution in [0.5, 0.6) is 0 Å². The maximum atomic E-state index is 11.5. The third-order valence-corrected chi connectivity index (χ3v) is 6.18. The first-order chi connectivity index (χ1) is 17.7. The second-order valence-electron chi connectivity index (χ2n) is 8.37. The molecule has 2 heterocycles. The highest BCUT2D eigenvalue weighted by atomic mass is 35.5. The van der Waals surface area contributed by atoms with Crippen molar-refractivity contribution in [1.29, 1.82) is 0 Å². The van der Waals surface area contributed by atoms with E-state index in [-0.39, 0.29) is 29.1 Å². The molecule has 0 unspecified atom stereocenters. The maximum Gasteiger partial charge on any atom is 0.325 e. The van der Waals surface area contributed by atoms with Crippen LogP contribution in [0.1, 0.15) is 69.0 Å². The molecule has 37 heavy (non-hydrogen) atoms. The van der Waals surface area contributed by atoms with Crippen LogP contribution in [-0.4, -0.2) is 58.7 Å². The van der Waals surface area contributed by atoms with Gasteiger partial charge in [0.05, 0.1) is 24.6 Å². The largest absolute Gasteiger partial charge is 0.466 e. The van der Waals surface area contributed by atoms with Crippen molar-refractivity contribution in [2.24, 2.45) is 0 Å². The average Bonchev–Trinajstić information content (AvgIpc) is 3.49. The van der Waals surface area contributed by atoms with E-state index in [0.29, 0.717) is 24.8 Å². The normalized spacial score (nSPS) is 12.8. The second-order valence-corrected chi connectivity index (χ2v) is 9.41. The number of esters is 2. The van der Waals surface area contributed by atoms with E-state index in [1.54, 1.807) is 11.8 Å². The minimum Gasteiger partial charge on any atom is -0.466 e. The molecule has 0 radical (unpaired) electrons. The van der Waals surface area contributed by atoms with Gasteiger partial charge in [-0.2, -0.15) is 0 Å². The first-order valence-electron chi connectivity index (χ1n) is 12.5. The van der Waals surface area contributed by atoms with Crippen LogP contribution in [0.4, 0.5) is 5.82 Å². The van der Waals surface area contributed by atoms with Crippen LogP contribution in [0.25, 0.3) is 0 Å². The Hall–Kier alpha value is -2.23. The summed E-state index contributed by atoms with van der Waals surface area (Å²) in [5.74, 6) is 0.395. The third-order valence-electron chi connectivity index (χ3n) is 5.53. The fourth-order valence-electron chi connectivity index (χ4n) is 3.97. The van der Waals surface area contributed by atoms with Crippen molar-refractivity contribution >= 4 is 52.6 Å². The fourth-order valence-corrected chi connectivity index (χ4v) is 4.67. The highest BCUT2D eigenvalue weighted by Crippen LogP contribution is 2.29. The van der Waals surface area contributed by atoms with Crippen LogP contribution in [0.15, 0.2) is 0 Å². The van der Waals surface area contributed by atoms with Gasteiger partial charge >= 0.3 is 11.9 Å². The van der Waals surface area contributed by atoms with Crippen molar-refractivity contribution in [3.05, 3.63) is 38.2 Å². The number of carbonyl (C=O) groups excluding carboxylic acids is 2. The van der Waals surface area contributed by atoms with Gasteiger partial charge in [0, 0.05) is 24.6 Å². The topological polar surface area (TPSA) is 107 Å². The van der Waals surface area contributed by atoms with Gasteiger partial charge in [-0.3, -0.25) is 9.59 Å². The summed E-state index contributed by atoms with van der Waals surface area (Å²) >= 11 is 17.4. The van der Waals surface area contributed by atoms with Gasteiger partial charge in [-0.05, 0) is 82.0 Å². The van der Waals surface area contributed by atoms with Gasteiger partial charge < -0.3 is 14.4 Å². The molecule has 2 aliphatic rings. The quantitative estimate of drug-likeness (QED) is 0.249. The van der Waals surface area contributed by atoms with E-state index < -0.39 is 0 Å². The van der Waals surface area contributed by atoms with Crippen LogP contribution in [-0.2, 0) is 44.7 Å². The molecule has 4 rings (SSSR count). The Labute approximate surface area is 233 Å². The lowest BCUT2D eigenvalue weighted by Gasteiger charge is -2.19. The number of fused-ring (bicyclic) bond motifs is 2. The number of hydrogen-bond donors (Lipinski definition) is 0. The van der Waals surface area contributed by atoms with Crippen molar-refractivity contribution in [2.45, 2.75) is 72.1 Å². The van der Waals surface area contributed by atoms with Crippen molar-refractivity contribution in [1.82, 2.24) is 19.9 Å². The molecule has 0 aromatic carbocycles. The number of hydrogen-bond acceptors (Lipinski definition) is 9. The molecule has 9 nitrogen and oxygen atoms in total. The highest BCUT2D eigenvalue weighted by molar-refractivity contribution is 6.32. The van der Waals surface area contributed by atoms with E-state index >= 15 is 0 Å². The summed E-state index contributed by atoms with van der Waals surface area (Å²) < 4.78 is 9.57. The van der Waals surface area contributed by atoms with Gasteiger partial charge in [0.1, 0.15) is 17.5 Å². The first-order valence-corrected chi connectivity index (χ1v) is 13.6. The van der Waals surface area contributed by atoms with E-state index in [0.717, 1.165) is 73.3 Å². The van der Waals surface area contributed by atoms with Gasteiger partial charge in [-0.25, -0.2) is 19.9 Å². The number of aryl methyl sites for hydroxylation is 2. The molecule has 2 aromatic rings. The number of nitrogens with zero attached hydrogens (tertiary/aromatic N) is 5. The molecule has 0 saturated carbocycles. The minimum absolute atomic E-state index is 0.0880. The molecule has 0 aliphatic heterocycles. The number of anilines is 1. The maximum absolute atomic E-state index is 11.5. The van der Waals surface area contributed by atoms with Crippen LogP contribution >= 0.6 is 34.8 Å². The van der Waals surface area contributed by atoms with Gasteiger partial charge in [0.25, 0.3) is 0 Å². The van der Waals surface area contributed by atoms with E-state index in [4.69, 9.17) is 39.5 Å². The summed E-state index contributed by atoms with van der Waals surface area (Å²) in [6, 6.07) is 0. The third kappa shape index (κ3) is 9.87. The Balaban J connectivity index is 0.000000216. The summed E-state index contributed by atoms with van der Waals surface area (Å²) in [5, 5.41) is 1.02. The van der Waals surface area contributed by atoms with Crippen LogP contribution in [0.3, 0.4) is 0 Å². The van der Waals surface area contributed by atoms with Crippen molar-refractivity contribution in [2.75, 3.05) is 31.7 Å². The fraction of sp³-hybridized carbons (Fsp3) is 0.600. The zero-order valence-electron chi connectivity index (χ0n) is 21.8. The molecule has 0 spiro atoms. The zero-order valence-corrected chi connectivity index (χ0v) is 24.0. The molecule has 0 N–H and O–H groups in total. The molecule has 2 aliphatic carbocycles. The van der Waals surface area contributed by atoms with Crippen molar-refractivity contribution < 1.29 is 19.1 Å². The lowest BCUT2D eigenvalue weighted by molar-refractivity contribution is -0.143. The average molecular weight is 575 g/mol. The number of rotatable bonds is 7. The van der Waals surface area contributed by atoms with Gasteiger partial charge in [0.2, 0.25) is 10.6 Å². The van der Waals surface area contributed by atoms with Crippen molar-refractivity contribution in [3.63, 3.8) is 0 Å². The molecular formula is C25H34Cl3N5O4. The summed E-state index contributed by atoms with van der Waals surface area (Å²) in [6.45, 7) is 6.61. The van der Waals surface area contributed by atoms with E-state index in [2.05, 4.69) is 24.7 Å². The first kappa shape index (κ1) is 31.0. The zero-order chi connectivity index (χ0) is 27.4. The predicted octanol–water partition coefficient (Wildman–Crippen LogP) is 5.24. The smallest absolute Gasteiger partial charge is 0.325 e. The number of aromatic nitrogens is 4. The lowest BCUT2D eigenvalue weighted by Crippen LogP contribution is -2.29. The summed E-state index contributed by atoms with van der Waals surface area (Å²) in [7, 11) is 1.81. The number of halogens is 3. The minimum atomic E-state index is -0.263. The predicted molar refractivity (Wildman–Crippen MR) is 145 cm³/mol. The van der Waals surface area contributed by atoms with E-state index in [1.165, 1.54) is 0 Å². The standard InChI is InChI=1S/C12H16ClN3O2.C7H6Cl2N2.C6H12O2/c1-3-18-10(17)7-16(2)11-8-5-4-6-9(8)14-12(13)15-11;8-6-4-2-1-3-5(4)10-7(9)11-6;1-3-5-6(7)8-4-2/h3-7H2,1-2H3;1-3H2;3-5H2,1-2H3. The molecule has 204 valence electrons. The Morgan fingerprint density at radius 3 is 1.92 bits per heavy atom. The molecule has 0 atom stereocenters. The molecule has 12 heteroatoms. The van der Waals surface area contributed by atoms with E-state index in [9.17, 15) is 9.59 Å². The summed E-state index contributed by atoms with van der Waals surface area (Å²) in [6.07, 6.45) is 7.44. The molecule has 0 fully saturated rings. The molecule has 0 bridgehead atoms. The van der Waals surface area contributed by atoms with Crippen LogP contribution in [0, 0.1) is 0 Å². The molecular weight excluding hydrogens is 541 g/mol. The van der Waals surface area contributed by atoms with E-state index in [1.807, 2.05) is 20.9 Å². The monoisotopic (exact) mass is 573 g/mol. The number of ether oxygens (including phenoxy) is 2. The van der Waals surface area contributed by atoms with Crippen LogP contribution < -0.4 is 4.90 Å². The van der Waals surface area contributed by atoms with Crippen LogP contribution in [0.2, 0.25) is 15.7 Å².